The molecule has 1 aromatic heterocycles. The highest BCUT2D eigenvalue weighted by molar-refractivity contribution is 5.94. The molecule has 34 heavy (non-hydrogen) atoms. The molecule has 1 atom stereocenters. The molecule has 7 heteroatoms. The van der Waals surface area contributed by atoms with Crippen LogP contribution >= 0.6 is 0 Å². The van der Waals surface area contributed by atoms with Gasteiger partial charge >= 0.3 is 0 Å². The summed E-state index contributed by atoms with van der Waals surface area (Å²) < 4.78 is 19.8. The Balaban J connectivity index is 1.38. The monoisotopic (exact) mass is 456 g/mol. The topological polar surface area (TPSA) is 62.5 Å². The van der Waals surface area contributed by atoms with Gasteiger partial charge in [-0.25, -0.2) is 4.39 Å². The molecule has 2 heterocycles. The molecule has 1 aliphatic heterocycles. The quantitative estimate of drug-likeness (QED) is 0.381. The van der Waals surface area contributed by atoms with Gasteiger partial charge in [0.25, 0.3) is 0 Å². The second-order valence-corrected chi connectivity index (χ2v) is 8.39. The van der Waals surface area contributed by atoms with Gasteiger partial charge in [-0.1, -0.05) is 30.3 Å². The van der Waals surface area contributed by atoms with Gasteiger partial charge in [-0.05, 0) is 61.0 Å². The summed E-state index contributed by atoms with van der Waals surface area (Å²) in [4.78, 5) is 16.2. The van der Waals surface area contributed by atoms with Crippen LogP contribution in [0.1, 0.15) is 34.8 Å². The molecule has 0 aliphatic carbocycles. The zero-order valence-corrected chi connectivity index (χ0v) is 18.9. The van der Waals surface area contributed by atoms with Gasteiger partial charge in [-0.3, -0.25) is 9.69 Å². The lowest BCUT2D eigenvalue weighted by atomic mass is 10.0. The highest BCUT2D eigenvalue weighted by Crippen LogP contribution is 2.31. The van der Waals surface area contributed by atoms with Crippen molar-refractivity contribution in [1.82, 2.24) is 15.1 Å². The first-order valence-electron chi connectivity index (χ1n) is 11.3. The van der Waals surface area contributed by atoms with Crippen molar-refractivity contribution in [3.05, 3.63) is 102 Å². The Bertz CT molecular complexity index is 1250. The molecule has 3 aromatic carbocycles. The largest absolute Gasteiger partial charge is 0.419 e. The number of hydrogen-bond acceptors (Lipinski definition) is 6. The van der Waals surface area contributed by atoms with Gasteiger partial charge in [0, 0.05) is 43.0 Å². The number of anilines is 1. The molecule has 6 nitrogen and oxygen atoms in total. The van der Waals surface area contributed by atoms with Gasteiger partial charge in [-0.2, -0.15) is 0 Å². The second kappa shape index (κ2) is 9.57. The number of rotatable bonds is 6. The Morgan fingerprint density at radius 1 is 0.882 bits per heavy atom. The maximum atomic E-state index is 13.6. The van der Waals surface area contributed by atoms with Gasteiger partial charge in [0.05, 0.1) is 0 Å². The Hall–Kier alpha value is -3.84. The highest BCUT2D eigenvalue weighted by atomic mass is 19.1. The molecule has 0 N–H and O–H groups in total. The molecule has 1 saturated heterocycles. The molecule has 0 bridgehead atoms. The van der Waals surface area contributed by atoms with Crippen LogP contribution in [0.25, 0.3) is 11.5 Å². The highest BCUT2D eigenvalue weighted by Gasteiger charge is 2.31. The van der Waals surface area contributed by atoms with Crippen LogP contribution in [-0.4, -0.2) is 47.1 Å². The SMILES string of the molecule is CC(=O)c1ccc(N2CCN([C@@H](c3ccc(F)cc3)c3nnc(-c4ccccc4)o3)CC2)cc1. The molecule has 5 rings (SSSR count). The van der Waals surface area contributed by atoms with Crippen LogP contribution in [0.15, 0.2) is 83.3 Å². The van der Waals surface area contributed by atoms with E-state index in [9.17, 15) is 9.18 Å². The number of halogens is 1. The van der Waals surface area contributed by atoms with E-state index in [-0.39, 0.29) is 17.6 Å². The average molecular weight is 457 g/mol. The van der Waals surface area contributed by atoms with Crippen molar-refractivity contribution in [3.63, 3.8) is 0 Å². The number of aromatic nitrogens is 2. The fraction of sp³-hybridized carbons (Fsp3) is 0.222. The van der Waals surface area contributed by atoms with Crippen molar-refractivity contribution in [2.24, 2.45) is 0 Å². The van der Waals surface area contributed by atoms with Crippen molar-refractivity contribution in [2.45, 2.75) is 13.0 Å². The van der Waals surface area contributed by atoms with Gasteiger partial charge in [-0.15, -0.1) is 10.2 Å². The van der Waals surface area contributed by atoms with Crippen molar-refractivity contribution in [3.8, 4) is 11.5 Å². The van der Waals surface area contributed by atoms with E-state index in [0.717, 1.165) is 43.0 Å². The minimum Gasteiger partial charge on any atom is -0.419 e. The number of carbonyl (C=O) groups is 1. The molecule has 172 valence electrons. The number of nitrogens with zero attached hydrogens (tertiary/aromatic N) is 4. The summed E-state index contributed by atoms with van der Waals surface area (Å²) in [5.41, 5.74) is 3.57. The van der Waals surface area contributed by atoms with Crippen molar-refractivity contribution in [2.75, 3.05) is 31.1 Å². The Morgan fingerprint density at radius 2 is 1.56 bits per heavy atom. The van der Waals surface area contributed by atoms with Gasteiger partial charge in [0.15, 0.2) is 5.78 Å². The van der Waals surface area contributed by atoms with Crippen molar-refractivity contribution >= 4 is 11.5 Å². The molecule has 0 radical (unpaired) electrons. The molecule has 0 unspecified atom stereocenters. The standard InChI is InChI=1S/C27H25FN4O2/c1-19(33)20-9-13-24(14-10-20)31-15-17-32(18-16-31)25(21-7-11-23(28)12-8-21)27-30-29-26(34-27)22-5-3-2-4-6-22/h2-14,25H,15-18H2,1H3/t25-/m0/s1. The lowest BCUT2D eigenvalue weighted by molar-refractivity contribution is 0.101. The summed E-state index contributed by atoms with van der Waals surface area (Å²) in [6.45, 7) is 4.71. The number of hydrogen-bond donors (Lipinski definition) is 0. The van der Waals surface area contributed by atoms with Crippen molar-refractivity contribution < 1.29 is 13.6 Å². The van der Waals surface area contributed by atoms with Crippen LogP contribution in [0.4, 0.5) is 10.1 Å². The third kappa shape index (κ3) is 4.61. The molecule has 1 aliphatic rings. The number of benzene rings is 3. The maximum absolute atomic E-state index is 13.6. The first kappa shape index (κ1) is 22.0. The maximum Gasteiger partial charge on any atom is 0.247 e. The summed E-state index contributed by atoms with van der Waals surface area (Å²) in [7, 11) is 0. The van der Waals surface area contributed by atoms with Gasteiger partial charge in [0.1, 0.15) is 11.9 Å². The third-order valence-corrected chi connectivity index (χ3v) is 6.20. The smallest absolute Gasteiger partial charge is 0.247 e. The van der Waals surface area contributed by atoms with Crippen LogP contribution in [0, 0.1) is 5.82 Å². The van der Waals surface area contributed by atoms with Crippen LogP contribution < -0.4 is 4.90 Å². The van der Waals surface area contributed by atoms with Crippen LogP contribution in [0.3, 0.4) is 0 Å². The number of Topliss-reactive ketones (excluding diaryl/α,β-unsaturated/α-hetero) is 1. The van der Waals surface area contributed by atoms with Gasteiger partial charge < -0.3 is 9.32 Å². The van der Waals surface area contributed by atoms with E-state index < -0.39 is 0 Å². The van der Waals surface area contributed by atoms with Crippen LogP contribution in [0.5, 0.6) is 0 Å². The number of piperazine rings is 1. The van der Waals surface area contributed by atoms with E-state index in [1.165, 1.54) is 12.1 Å². The third-order valence-electron chi connectivity index (χ3n) is 6.20. The fourth-order valence-corrected chi connectivity index (χ4v) is 4.34. The van der Waals surface area contributed by atoms with E-state index in [2.05, 4.69) is 20.0 Å². The molecule has 0 saturated carbocycles. The van der Waals surface area contributed by atoms with Crippen molar-refractivity contribution in [1.29, 1.82) is 0 Å². The summed E-state index contributed by atoms with van der Waals surface area (Å²) in [6, 6.07) is 23.6. The van der Waals surface area contributed by atoms with E-state index >= 15 is 0 Å². The predicted molar refractivity (Wildman–Crippen MR) is 128 cm³/mol. The minimum atomic E-state index is -0.281. The first-order chi connectivity index (χ1) is 16.6. The van der Waals surface area contributed by atoms with E-state index in [0.29, 0.717) is 17.3 Å². The van der Waals surface area contributed by atoms with E-state index in [1.54, 1.807) is 19.1 Å². The number of ketones is 1. The Kier molecular flexibility index (Phi) is 6.18. The summed E-state index contributed by atoms with van der Waals surface area (Å²) in [6.07, 6.45) is 0. The molecular weight excluding hydrogens is 431 g/mol. The molecule has 4 aromatic rings. The molecule has 1 fully saturated rings. The fourth-order valence-electron chi connectivity index (χ4n) is 4.34. The van der Waals surface area contributed by atoms with Gasteiger partial charge in [0.2, 0.25) is 11.8 Å². The predicted octanol–water partition coefficient (Wildman–Crippen LogP) is 4.99. The molecule has 0 amide bonds. The minimum absolute atomic E-state index is 0.0629. The first-order valence-corrected chi connectivity index (χ1v) is 11.3. The normalized spacial score (nSPS) is 15.3. The summed E-state index contributed by atoms with van der Waals surface area (Å²) in [5, 5.41) is 8.65. The zero-order valence-electron chi connectivity index (χ0n) is 18.9. The van der Waals surface area contributed by atoms with E-state index in [4.69, 9.17) is 4.42 Å². The second-order valence-electron chi connectivity index (χ2n) is 8.39. The molecule has 0 spiro atoms. The lowest BCUT2D eigenvalue weighted by Crippen LogP contribution is -2.48. The van der Waals surface area contributed by atoms with E-state index in [1.807, 2.05) is 54.6 Å². The van der Waals surface area contributed by atoms with Crippen LogP contribution in [0.2, 0.25) is 0 Å². The number of carbonyl (C=O) groups excluding carboxylic acids is 1. The average Bonchev–Trinajstić information content (AvgIpc) is 3.36. The van der Waals surface area contributed by atoms with Crippen LogP contribution in [-0.2, 0) is 0 Å². The summed E-state index contributed by atoms with van der Waals surface area (Å²) in [5.74, 6) is 0.737. The lowest BCUT2D eigenvalue weighted by Gasteiger charge is -2.39. The Labute approximate surface area is 197 Å². The zero-order chi connectivity index (χ0) is 23.5. The Morgan fingerprint density at radius 3 is 2.21 bits per heavy atom. The summed E-state index contributed by atoms with van der Waals surface area (Å²) >= 11 is 0. The molecular formula is C27H25FN4O2.